The van der Waals surface area contributed by atoms with Gasteiger partial charge in [0.2, 0.25) is 5.91 Å². The summed E-state index contributed by atoms with van der Waals surface area (Å²) in [6.07, 6.45) is 5.05. The van der Waals surface area contributed by atoms with Gasteiger partial charge >= 0.3 is 6.03 Å². The van der Waals surface area contributed by atoms with E-state index in [-0.39, 0.29) is 18.4 Å². The van der Waals surface area contributed by atoms with Crippen LogP contribution < -0.4 is 20.9 Å². The zero-order chi connectivity index (χ0) is 22.3. The van der Waals surface area contributed by atoms with E-state index in [1.54, 1.807) is 42.5 Å². The maximum Gasteiger partial charge on any atom is 0.326 e. The summed E-state index contributed by atoms with van der Waals surface area (Å²) in [5.74, 6) is -0.370. The zero-order valence-electron chi connectivity index (χ0n) is 18.1. The number of urea groups is 1. The van der Waals surface area contributed by atoms with Gasteiger partial charge in [-0.1, -0.05) is 25.0 Å². The van der Waals surface area contributed by atoms with Gasteiger partial charge in [0.1, 0.15) is 6.54 Å². The second kappa shape index (κ2) is 10.3. The van der Waals surface area contributed by atoms with E-state index in [4.69, 9.17) is 0 Å². The van der Waals surface area contributed by atoms with E-state index in [1.165, 1.54) is 30.6 Å². The Kier molecular flexibility index (Phi) is 7.01. The Balaban J connectivity index is 1.30. The summed E-state index contributed by atoms with van der Waals surface area (Å²) in [4.78, 5) is 40.9. The fourth-order valence-electron chi connectivity index (χ4n) is 4.10. The average molecular weight is 436 g/mol. The molecule has 0 aromatic heterocycles. The van der Waals surface area contributed by atoms with Crippen molar-refractivity contribution in [3.8, 4) is 0 Å². The molecule has 0 bridgehead atoms. The fourth-order valence-corrected chi connectivity index (χ4v) is 4.10. The molecule has 0 unspecified atom stereocenters. The van der Waals surface area contributed by atoms with Crippen LogP contribution in [0.4, 0.5) is 21.9 Å². The SMILES string of the molecule is O=C1CN(C(=O)Nc2ccc(C(=O)NCCN3CCCCCC3)cc2)c2ccccc2N1. The molecule has 1 fully saturated rings. The first-order valence-electron chi connectivity index (χ1n) is 11.2. The fraction of sp³-hybridized carbons (Fsp3) is 0.375. The Hall–Kier alpha value is -3.39. The molecule has 2 aliphatic rings. The van der Waals surface area contributed by atoms with Gasteiger partial charge in [0, 0.05) is 24.3 Å². The number of nitrogens with zero attached hydrogens (tertiary/aromatic N) is 2. The monoisotopic (exact) mass is 435 g/mol. The van der Waals surface area contributed by atoms with Crippen molar-refractivity contribution >= 4 is 34.9 Å². The highest BCUT2D eigenvalue weighted by molar-refractivity contribution is 6.12. The molecule has 4 rings (SSSR count). The normalized spacial score (nSPS) is 16.5. The van der Waals surface area contributed by atoms with Crippen LogP contribution in [0.2, 0.25) is 0 Å². The summed E-state index contributed by atoms with van der Waals surface area (Å²) in [6.45, 7) is 3.64. The van der Waals surface area contributed by atoms with Crippen molar-refractivity contribution in [1.82, 2.24) is 10.2 Å². The summed E-state index contributed by atoms with van der Waals surface area (Å²) < 4.78 is 0. The Morgan fingerprint density at radius 1 is 0.938 bits per heavy atom. The van der Waals surface area contributed by atoms with Gasteiger partial charge in [-0.3, -0.25) is 14.5 Å². The first-order chi connectivity index (χ1) is 15.6. The molecule has 0 spiro atoms. The third kappa shape index (κ3) is 5.45. The Bertz CT molecular complexity index is 968. The highest BCUT2D eigenvalue weighted by Gasteiger charge is 2.26. The quantitative estimate of drug-likeness (QED) is 0.672. The molecule has 1 saturated heterocycles. The molecule has 0 saturated carbocycles. The molecule has 0 radical (unpaired) electrons. The van der Waals surface area contributed by atoms with E-state index in [1.807, 2.05) is 6.07 Å². The van der Waals surface area contributed by atoms with E-state index in [0.717, 1.165) is 19.6 Å². The molecule has 2 aliphatic heterocycles. The van der Waals surface area contributed by atoms with Crippen molar-refractivity contribution in [3.05, 3.63) is 54.1 Å². The second-order valence-electron chi connectivity index (χ2n) is 8.17. The molecular formula is C24H29N5O3. The number of hydrogen-bond donors (Lipinski definition) is 3. The number of para-hydroxylation sites is 2. The number of rotatable bonds is 5. The highest BCUT2D eigenvalue weighted by Crippen LogP contribution is 2.29. The molecule has 8 nitrogen and oxygen atoms in total. The zero-order valence-corrected chi connectivity index (χ0v) is 18.1. The van der Waals surface area contributed by atoms with E-state index >= 15 is 0 Å². The van der Waals surface area contributed by atoms with Crippen LogP contribution in [-0.2, 0) is 4.79 Å². The summed E-state index contributed by atoms with van der Waals surface area (Å²) >= 11 is 0. The molecule has 32 heavy (non-hydrogen) atoms. The van der Waals surface area contributed by atoms with Gasteiger partial charge in [-0.25, -0.2) is 4.79 Å². The van der Waals surface area contributed by atoms with E-state index in [9.17, 15) is 14.4 Å². The summed E-state index contributed by atoms with van der Waals surface area (Å²) in [7, 11) is 0. The molecule has 2 heterocycles. The number of anilines is 3. The molecule has 3 N–H and O–H groups in total. The molecular weight excluding hydrogens is 406 g/mol. The molecule has 0 atom stereocenters. The lowest BCUT2D eigenvalue weighted by Crippen LogP contribution is -2.44. The van der Waals surface area contributed by atoms with E-state index in [2.05, 4.69) is 20.9 Å². The van der Waals surface area contributed by atoms with Crippen molar-refractivity contribution in [2.24, 2.45) is 0 Å². The number of amides is 4. The molecule has 2 aromatic rings. The van der Waals surface area contributed by atoms with Crippen molar-refractivity contribution in [3.63, 3.8) is 0 Å². The van der Waals surface area contributed by atoms with Crippen LogP contribution in [-0.4, -0.2) is 55.5 Å². The predicted molar refractivity (Wildman–Crippen MR) is 125 cm³/mol. The summed E-state index contributed by atoms with van der Waals surface area (Å²) in [5, 5.41) is 8.53. The minimum Gasteiger partial charge on any atom is -0.351 e. The van der Waals surface area contributed by atoms with Crippen LogP contribution in [0.5, 0.6) is 0 Å². The molecule has 2 aromatic carbocycles. The van der Waals surface area contributed by atoms with E-state index in [0.29, 0.717) is 29.2 Å². The average Bonchev–Trinajstić information content (AvgIpc) is 3.08. The smallest absolute Gasteiger partial charge is 0.326 e. The lowest BCUT2D eigenvalue weighted by molar-refractivity contribution is -0.115. The molecule has 0 aliphatic carbocycles. The lowest BCUT2D eigenvalue weighted by Gasteiger charge is -2.29. The number of carbonyl (C=O) groups excluding carboxylic acids is 3. The van der Waals surface area contributed by atoms with E-state index < -0.39 is 6.03 Å². The van der Waals surface area contributed by atoms with Gasteiger partial charge in [-0.05, 0) is 62.3 Å². The third-order valence-corrected chi connectivity index (χ3v) is 5.83. The van der Waals surface area contributed by atoms with Crippen molar-refractivity contribution in [1.29, 1.82) is 0 Å². The standard InChI is InChI=1S/C24H29N5O3/c30-22-17-29(21-8-4-3-7-20(21)27-22)24(32)26-19-11-9-18(10-12-19)23(31)25-13-16-28-14-5-1-2-6-15-28/h3-4,7-12H,1-2,5-6,13-17H2,(H,25,31)(H,26,32)(H,27,30). The maximum atomic E-state index is 12.8. The topological polar surface area (TPSA) is 93.8 Å². The molecule has 168 valence electrons. The molecule has 4 amide bonds. The minimum absolute atomic E-state index is 0.0552. The number of carbonyl (C=O) groups is 3. The first-order valence-corrected chi connectivity index (χ1v) is 11.2. The minimum atomic E-state index is -0.401. The van der Waals surface area contributed by atoms with Gasteiger partial charge in [-0.2, -0.15) is 0 Å². The molecule has 8 heteroatoms. The predicted octanol–water partition coefficient (Wildman–Crippen LogP) is 3.28. The van der Waals surface area contributed by atoms with Gasteiger partial charge in [0.15, 0.2) is 0 Å². The van der Waals surface area contributed by atoms with Crippen molar-refractivity contribution in [2.45, 2.75) is 25.7 Å². The largest absolute Gasteiger partial charge is 0.351 e. The van der Waals surface area contributed by atoms with Crippen LogP contribution in [0, 0.1) is 0 Å². The highest BCUT2D eigenvalue weighted by atomic mass is 16.2. The van der Waals surface area contributed by atoms with Crippen molar-refractivity contribution in [2.75, 3.05) is 48.3 Å². The lowest BCUT2D eigenvalue weighted by atomic mass is 10.2. The Labute approximate surface area is 188 Å². The maximum absolute atomic E-state index is 12.8. The van der Waals surface area contributed by atoms with Gasteiger partial charge in [0.25, 0.3) is 5.91 Å². The Morgan fingerprint density at radius 2 is 1.66 bits per heavy atom. The number of fused-ring (bicyclic) bond motifs is 1. The van der Waals surface area contributed by atoms with Crippen LogP contribution in [0.1, 0.15) is 36.0 Å². The Morgan fingerprint density at radius 3 is 2.41 bits per heavy atom. The number of likely N-dealkylation sites (tertiary alicyclic amines) is 1. The summed E-state index contributed by atoms with van der Waals surface area (Å²) in [5.41, 5.74) is 2.34. The van der Waals surface area contributed by atoms with Crippen LogP contribution >= 0.6 is 0 Å². The summed E-state index contributed by atoms with van der Waals surface area (Å²) in [6, 6.07) is 13.5. The second-order valence-corrected chi connectivity index (χ2v) is 8.17. The third-order valence-electron chi connectivity index (χ3n) is 5.83. The van der Waals surface area contributed by atoms with Gasteiger partial charge < -0.3 is 20.9 Å². The van der Waals surface area contributed by atoms with Crippen molar-refractivity contribution < 1.29 is 14.4 Å². The first kappa shape index (κ1) is 21.8. The van der Waals surface area contributed by atoms with Gasteiger partial charge in [0.05, 0.1) is 11.4 Å². The van der Waals surface area contributed by atoms with Crippen LogP contribution in [0.3, 0.4) is 0 Å². The van der Waals surface area contributed by atoms with Crippen LogP contribution in [0.15, 0.2) is 48.5 Å². The number of benzene rings is 2. The van der Waals surface area contributed by atoms with Crippen LogP contribution in [0.25, 0.3) is 0 Å². The number of hydrogen-bond acceptors (Lipinski definition) is 4. The van der Waals surface area contributed by atoms with Gasteiger partial charge in [-0.15, -0.1) is 0 Å². The number of nitrogens with one attached hydrogen (secondary N) is 3.